The summed E-state index contributed by atoms with van der Waals surface area (Å²) in [6, 6.07) is 5.38. The maximum atomic E-state index is 9.69. The number of aliphatic hydroxyl groups is 1. The molecule has 0 aliphatic heterocycles. The highest BCUT2D eigenvalue weighted by molar-refractivity contribution is 6.41. The average Bonchev–Trinajstić information content (AvgIpc) is 3.21. The van der Waals surface area contributed by atoms with Gasteiger partial charge >= 0.3 is 0 Å². The van der Waals surface area contributed by atoms with E-state index in [-0.39, 0.29) is 6.61 Å². The summed E-state index contributed by atoms with van der Waals surface area (Å²) >= 11 is 12.5. The predicted octanol–water partition coefficient (Wildman–Crippen LogP) is 4.13. The number of hydrogen-bond acceptors (Lipinski definition) is 2. The van der Waals surface area contributed by atoms with Gasteiger partial charge in [-0.05, 0) is 37.8 Å². The average molecular weight is 298 g/mol. The molecule has 1 aliphatic carbocycles. The van der Waals surface area contributed by atoms with Gasteiger partial charge in [0, 0.05) is 18.2 Å². The monoisotopic (exact) mass is 297 g/mol. The summed E-state index contributed by atoms with van der Waals surface area (Å²) in [4.78, 5) is 4.31. The largest absolute Gasteiger partial charge is 0.392 e. The second-order valence-electron chi connectivity index (χ2n) is 4.76. The standard InChI is InChI=1S/C15H17Cl2NO/c1-9(10-6-7-10)11(8-19)15(18-2)14-12(16)4-3-5-13(14)17/h3-5,10,19H,6-8H2,1-2H3/b11-9+,18-15+. The van der Waals surface area contributed by atoms with E-state index >= 15 is 0 Å². The van der Waals surface area contributed by atoms with Crippen LogP contribution in [0, 0.1) is 5.92 Å². The number of rotatable bonds is 4. The number of benzene rings is 1. The Labute approximate surface area is 123 Å². The van der Waals surface area contributed by atoms with Crippen LogP contribution in [0.1, 0.15) is 25.3 Å². The molecule has 1 fully saturated rings. The number of halogens is 2. The zero-order chi connectivity index (χ0) is 14.0. The smallest absolute Gasteiger partial charge is 0.0727 e. The molecule has 19 heavy (non-hydrogen) atoms. The van der Waals surface area contributed by atoms with Crippen LogP contribution in [0.3, 0.4) is 0 Å². The zero-order valence-corrected chi connectivity index (χ0v) is 12.6. The van der Waals surface area contributed by atoms with E-state index < -0.39 is 0 Å². The van der Waals surface area contributed by atoms with Gasteiger partial charge in [0.25, 0.3) is 0 Å². The summed E-state index contributed by atoms with van der Waals surface area (Å²) in [6.07, 6.45) is 2.37. The molecule has 2 nitrogen and oxygen atoms in total. The van der Waals surface area contributed by atoms with Crippen LogP contribution in [0.4, 0.5) is 0 Å². The second-order valence-corrected chi connectivity index (χ2v) is 5.58. The predicted molar refractivity (Wildman–Crippen MR) is 81.4 cm³/mol. The van der Waals surface area contributed by atoms with Crippen LogP contribution in [-0.4, -0.2) is 24.5 Å². The Morgan fingerprint density at radius 1 is 1.32 bits per heavy atom. The van der Waals surface area contributed by atoms with Gasteiger partial charge in [0.2, 0.25) is 0 Å². The van der Waals surface area contributed by atoms with Crippen LogP contribution in [0.2, 0.25) is 10.0 Å². The van der Waals surface area contributed by atoms with E-state index in [1.807, 2.05) is 0 Å². The molecule has 0 amide bonds. The van der Waals surface area contributed by atoms with Crippen LogP contribution < -0.4 is 0 Å². The van der Waals surface area contributed by atoms with Crippen molar-refractivity contribution < 1.29 is 5.11 Å². The van der Waals surface area contributed by atoms with Gasteiger partial charge in [-0.2, -0.15) is 0 Å². The normalized spacial score (nSPS) is 17.4. The van der Waals surface area contributed by atoms with Crippen molar-refractivity contribution in [3.63, 3.8) is 0 Å². The minimum absolute atomic E-state index is 0.0451. The van der Waals surface area contributed by atoms with E-state index in [4.69, 9.17) is 23.2 Å². The van der Waals surface area contributed by atoms with E-state index in [0.29, 0.717) is 27.2 Å². The first-order chi connectivity index (χ1) is 9.10. The van der Waals surface area contributed by atoms with E-state index in [0.717, 1.165) is 5.57 Å². The summed E-state index contributed by atoms with van der Waals surface area (Å²) in [6.45, 7) is 2.01. The van der Waals surface area contributed by atoms with Gasteiger partial charge in [0.05, 0.1) is 22.4 Å². The summed E-state index contributed by atoms with van der Waals surface area (Å²) in [5.41, 5.74) is 3.44. The molecule has 102 valence electrons. The Morgan fingerprint density at radius 2 is 1.89 bits per heavy atom. The quantitative estimate of drug-likeness (QED) is 0.833. The first-order valence-electron chi connectivity index (χ1n) is 6.32. The Kier molecular flexibility index (Phi) is 4.67. The van der Waals surface area contributed by atoms with Crippen molar-refractivity contribution >= 4 is 28.9 Å². The summed E-state index contributed by atoms with van der Waals surface area (Å²) in [5.74, 6) is 0.570. The van der Waals surface area contributed by atoms with Gasteiger partial charge in [0.15, 0.2) is 0 Å². The highest BCUT2D eigenvalue weighted by Crippen LogP contribution is 2.39. The van der Waals surface area contributed by atoms with Gasteiger partial charge < -0.3 is 5.11 Å². The Morgan fingerprint density at radius 3 is 2.32 bits per heavy atom. The second kappa shape index (κ2) is 6.08. The van der Waals surface area contributed by atoms with E-state index in [2.05, 4.69) is 11.9 Å². The summed E-state index contributed by atoms with van der Waals surface area (Å²) in [7, 11) is 1.70. The first kappa shape index (κ1) is 14.6. The Balaban J connectivity index is 2.54. The number of hydrogen-bond donors (Lipinski definition) is 1. The fourth-order valence-electron chi connectivity index (χ4n) is 2.27. The number of allylic oxidation sites excluding steroid dienone is 1. The third-order valence-corrected chi connectivity index (χ3v) is 4.16. The van der Waals surface area contributed by atoms with Gasteiger partial charge in [-0.15, -0.1) is 0 Å². The molecular weight excluding hydrogens is 281 g/mol. The van der Waals surface area contributed by atoms with E-state index in [9.17, 15) is 5.11 Å². The maximum Gasteiger partial charge on any atom is 0.0727 e. The molecule has 0 unspecified atom stereocenters. The molecule has 1 aromatic rings. The third kappa shape index (κ3) is 3.02. The highest BCUT2D eigenvalue weighted by Gasteiger charge is 2.27. The van der Waals surface area contributed by atoms with Crippen molar-refractivity contribution in [2.45, 2.75) is 19.8 Å². The highest BCUT2D eigenvalue weighted by atomic mass is 35.5. The lowest BCUT2D eigenvalue weighted by molar-refractivity contribution is 0.335. The molecule has 0 atom stereocenters. The maximum absolute atomic E-state index is 9.69. The molecule has 1 aliphatic rings. The van der Waals surface area contributed by atoms with Gasteiger partial charge in [-0.1, -0.05) is 34.8 Å². The number of aliphatic imine (C=N–C) groups is 1. The minimum atomic E-state index is -0.0451. The fraction of sp³-hybridized carbons (Fsp3) is 0.400. The Hall–Kier alpha value is -0.830. The topological polar surface area (TPSA) is 32.6 Å². The molecule has 0 aromatic heterocycles. The van der Waals surface area contributed by atoms with Crippen LogP contribution in [-0.2, 0) is 0 Å². The Bertz CT molecular complexity index is 525. The van der Waals surface area contributed by atoms with Crippen LogP contribution in [0.25, 0.3) is 0 Å². The molecule has 2 rings (SSSR count). The van der Waals surface area contributed by atoms with Crippen molar-refractivity contribution in [3.8, 4) is 0 Å². The van der Waals surface area contributed by atoms with Crippen molar-refractivity contribution in [2.75, 3.05) is 13.7 Å². The lowest BCUT2D eigenvalue weighted by Crippen LogP contribution is -2.13. The molecular formula is C15H17Cl2NO. The molecule has 0 saturated heterocycles. The molecule has 0 heterocycles. The molecule has 1 aromatic carbocycles. The first-order valence-corrected chi connectivity index (χ1v) is 7.07. The van der Waals surface area contributed by atoms with Gasteiger partial charge in [0.1, 0.15) is 0 Å². The van der Waals surface area contributed by atoms with Gasteiger partial charge in [-0.3, -0.25) is 4.99 Å². The fourth-order valence-corrected chi connectivity index (χ4v) is 2.85. The van der Waals surface area contributed by atoms with Gasteiger partial charge in [-0.25, -0.2) is 0 Å². The molecule has 0 bridgehead atoms. The lowest BCUT2D eigenvalue weighted by atomic mass is 9.96. The SMILES string of the molecule is C/N=C(\C(CO)=C(/C)C1CC1)c1c(Cl)cccc1Cl. The molecule has 0 radical (unpaired) electrons. The van der Waals surface area contributed by atoms with E-state index in [1.54, 1.807) is 25.2 Å². The van der Waals surface area contributed by atoms with Crippen molar-refractivity contribution in [1.82, 2.24) is 0 Å². The minimum Gasteiger partial charge on any atom is -0.392 e. The van der Waals surface area contributed by atoms with Crippen molar-refractivity contribution in [3.05, 3.63) is 45.0 Å². The number of aliphatic hydroxyl groups excluding tert-OH is 1. The number of nitrogens with zero attached hydrogens (tertiary/aromatic N) is 1. The van der Waals surface area contributed by atoms with Crippen LogP contribution >= 0.6 is 23.2 Å². The van der Waals surface area contributed by atoms with Crippen molar-refractivity contribution in [1.29, 1.82) is 0 Å². The van der Waals surface area contributed by atoms with E-state index in [1.165, 1.54) is 18.4 Å². The lowest BCUT2D eigenvalue weighted by Gasteiger charge is -2.15. The van der Waals surface area contributed by atoms with Crippen molar-refractivity contribution in [2.24, 2.45) is 10.9 Å². The zero-order valence-electron chi connectivity index (χ0n) is 11.1. The van der Waals surface area contributed by atoms with Crippen LogP contribution in [0.5, 0.6) is 0 Å². The summed E-state index contributed by atoms with van der Waals surface area (Å²) < 4.78 is 0. The molecule has 1 saturated carbocycles. The molecule has 1 N–H and O–H groups in total. The van der Waals surface area contributed by atoms with Crippen LogP contribution in [0.15, 0.2) is 34.3 Å². The molecule has 4 heteroatoms. The summed E-state index contributed by atoms with van der Waals surface area (Å²) in [5, 5.41) is 10.8. The molecule has 0 spiro atoms. The third-order valence-electron chi connectivity index (χ3n) is 3.53.